The highest BCUT2D eigenvalue weighted by Gasteiger charge is 2.36. The normalized spacial score (nSPS) is 19.0. The smallest absolute Gasteiger partial charge is 0.232 e. The molecule has 0 spiro atoms. The van der Waals surface area contributed by atoms with Gasteiger partial charge in [0.1, 0.15) is 0 Å². The van der Waals surface area contributed by atoms with E-state index < -0.39 is 0 Å². The van der Waals surface area contributed by atoms with Gasteiger partial charge >= 0.3 is 0 Å². The zero-order valence-electron chi connectivity index (χ0n) is 12.8. The number of carbonyl (C=O) groups excluding carboxylic acids is 1. The maximum absolute atomic E-state index is 12.3. The third-order valence-electron chi connectivity index (χ3n) is 3.73. The monoisotopic (exact) mass is 319 g/mol. The quantitative estimate of drug-likeness (QED) is 0.849. The van der Waals surface area contributed by atoms with Crippen LogP contribution in [0.15, 0.2) is 28.8 Å². The number of hydrogen-bond acceptors (Lipinski definition) is 4. The highest BCUT2D eigenvalue weighted by molar-refractivity contribution is 6.33. The van der Waals surface area contributed by atoms with E-state index in [2.05, 4.69) is 10.1 Å². The van der Waals surface area contributed by atoms with E-state index in [1.54, 1.807) is 11.0 Å². The Hall–Kier alpha value is -1.88. The predicted molar refractivity (Wildman–Crippen MR) is 84.2 cm³/mol. The summed E-state index contributed by atoms with van der Waals surface area (Å²) in [6.45, 7) is 6.58. The lowest BCUT2D eigenvalue weighted by molar-refractivity contribution is -0.117. The van der Waals surface area contributed by atoms with Crippen molar-refractivity contribution in [2.75, 3.05) is 11.4 Å². The van der Waals surface area contributed by atoms with Crippen LogP contribution in [-0.2, 0) is 10.2 Å². The molecule has 1 aromatic carbocycles. The minimum Gasteiger partial charge on any atom is -0.339 e. The van der Waals surface area contributed by atoms with Crippen LogP contribution in [0.5, 0.6) is 0 Å². The Morgan fingerprint density at radius 3 is 2.68 bits per heavy atom. The second kappa shape index (κ2) is 5.39. The molecule has 0 saturated carbocycles. The molecule has 1 aliphatic heterocycles. The SMILES string of the molecule is CC(C)(C)c1noc(C2CC(=O)N(c3ccccc3Cl)C2)n1. The summed E-state index contributed by atoms with van der Waals surface area (Å²) in [7, 11) is 0. The van der Waals surface area contributed by atoms with Gasteiger partial charge in [0.2, 0.25) is 11.8 Å². The highest BCUT2D eigenvalue weighted by atomic mass is 35.5. The van der Waals surface area contributed by atoms with Crippen molar-refractivity contribution in [3.8, 4) is 0 Å². The van der Waals surface area contributed by atoms with E-state index in [-0.39, 0.29) is 17.2 Å². The molecule has 1 aromatic heterocycles. The number of anilines is 1. The van der Waals surface area contributed by atoms with Crippen molar-refractivity contribution in [1.29, 1.82) is 0 Å². The standard InChI is InChI=1S/C16H18ClN3O2/c1-16(2,3)15-18-14(22-19-15)10-8-13(21)20(9-10)12-7-5-4-6-11(12)17/h4-7,10H,8-9H2,1-3H3. The Labute approximate surface area is 134 Å². The van der Waals surface area contributed by atoms with Crippen LogP contribution in [0.2, 0.25) is 5.02 Å². The lowest BCUT2D eigenvalue weighted by Gasteiger charge is -2.17. The first-order valence-electron chi connectivity index (χ1n) is 7.25. The number of carbonyl (C=O) groups is 1. The van der Waals surface area contributed by atoms with Gasteiger partial charge in [-0.1, -0.05) is 49.7 Å². The number of nitrogens with zero attached hydrogens (tertiary/aromatic N) is 3. The fourth-order valence-corrected chi connectivity index (χ4v) is 2.72. The molecule has 2 heterocycles. The van der Waals surface area contributed by atoms with Gasteiger partial charge in [-0.05, 0) is 12.1 Å². The number of para-hydroxylation sites is 1. The maximum Gasteiger partial charge on any atom is 0.232 e. The highest BCUT2D eigenvalue weighted by Crippen LogP contribution is 2.35. The molecule has 1 atom stereocenters. The molecule has 1 fully saturated rings. The van der Waals surface area contributed by atoms with Gasteiger partial charge in [-0.2, -0.15) is 4.98 Å². The average molecular weight is 320 g/mol. The van der Waals surface area contributed by atoms with Crippen LogP contribution < -0.4 is 4.90 Å². The molecule has 1 amide bonds. The van der Waals surface area contributed by atoms with E-state index in [1.807, 2.05) is 39.0 Å². The molecule has 6 heteroatoms. The van der Waals surface area contributed by atoms with Crippen LogP contribution >= 0.6 is 11.6 Å². The van der Waals surface area contributed by atoms with Gasteiger partial charge in [0.15, 0.2) is 5.82 Å². The van der Waals surface area contributed by atoms with Crippen LogP contribution in [0.4, 0.5) is 5.69 Å². The van der Waals surface area contributed by atoms with Crippen LogP contribution in [0.3, 0.4) is 0 Å². The first-order valence-corrected chi connectivity index (χ1v) is 7.63. The molecule has 1 unspecified atom stereocenters. The summed E-state index contributed by atoms with van der Waals surface area (Å²) in [5.74, 6) is 1.11. The Kier molecular flexibility index (Phi) is 3.68. The lowest BCUT2D eigenvalue weighted by atomic mass is 9.96. The van der Waals surface area contributed by atoms with E-state index in [0.717, 1.165) is 5.69 Å². The predicted octanol–water partition coefficient (Wildman–Crippen LogP) is 3.54. The van der Waals surface area contributed by atoms with Crippen LogP contribution in [0, 0.1) is 0 Å². The molecule has 0 bridgehead atoms. The molecular weight excluding hydrogens is 302 g/mol. The molecule has 3 rings (SSSR count). The third-order valence-corrected chi connectivity index (χ3v) is 4.05. The Morgan fingerprint density at radius 2 is 2.05 bits per heavy atom. The second-order valence-electron chi connectivity index (χ2n) is 6.56. The first-order chi connectivity index (χ1) is 10.4. The number of aromatic nitrogens is 2. The fourth-order valence-electron chi connectivity index (χ4n) is 2.48. The summed E-state index contributed by atoms with van der Waals surface area (Å²) in [6.07, 6.45) is 0.358. The number of benzene rings is 1. The molecule has 0 N–H and O–H groups in total. The van der Waals surface area contributed by atoms with Gasteiger partial charge in [-0.15, -0.1) is 0 Å². The molecule has 116 valence electrons. The summed E-state index contributed by atoms with van der Waals surface area (Å²) in [5, 5.41) is 4.60. The second-order valence-corrected chi connectivity index (χ2v) is 6.97. The van der Waals surface area contributed by atoms with Gasteiger partial charge in [0.05, 0.1) is 16.6 Å². The molecule has 0 aliphatic carbocycles. The Balaban J connectivity index is 1.83. The van der Waals surface area contributed by atoms with E-state index >= 15 is 0 Å². The van der Waals surface area contributed by atoms with Crippen molar-refractivity contribution < 1.29 is 9.32 Å². The minimum atomic E-state index is -0.174. The van der Waals surface area contributed by atoms with Crippen LogP contribution in [-0.4, -0.2) is 22.6 Å². The molecular formula is C16H18ClN3O2. The minimum absolute atomic E-state index is 0.0219. The van der Waals surface area contributed by atoms with E-state index in [1.165, 1.54) is 0 Å². The molecule has 1 saturated heterocycles. The first kappa shape index (κ1) is 15.0. The fraction of sp³-hybridized carbons (Fsp3) is 0.438. The van der Waals surface area contributed by atoms with Crippen molar-refractivity contribution in [3.05, 3.63) is 41.0 Å². The number of amides is 1. The van der Waals surface area contributed by atoms with E-state index in [9.17, 15) is 4.79 Å². The maximum atomic E-state index is 12.3. The third kappa shape index (κ3) is 2.73. The Bertz CT molecular complexity index is 705. The summed E-state index contributed by atoms with van der Waals surface area (Å²) in [5.41, 5.74) is 0.555. The van der Waals surface area contributed by atoms with Crippen molar-refractivity contribution in [1.82, 2.24) is 10.1 Å². The van der Waals surface area contributed by atoms with Gasteiger partial charge in [-0.3, -0.25) is 4.79 Å². The van der Waals surface area contributed by atoms with Crippen molar-refractivity contribution >= 4 is 23.2 Å². The zero-order chi connectivity index (χ0) is 15.9. The molecule has 2 aromatic rings. The Morgan fingerprint density at radius 1 is 1.32 bits per heavy atom. The summed E-state index contributed by atoms with van der Waals surface area (Å²) in [4.78, 5) is 18.4. The van der Waals surface area contributed by atoms with E-state index in [4.69, 9.17) is 16.1 Å². The topological polar surface area (TPSA) is 59.2 Å². The van der Waals surface area contributed by atoms with Crippen molar-refractivity contribution in [3.63, 3.8) is 0 Å². The summed E-state index contributed by atoms with van der Waals surface area (Å²) >= 11 is 6.18. The van der Waals surface area contributed by atoms with Crippen LogP contribution in [0.1, 0.15) is 44.8 Å². The average Bonchev–Trinajstić information content (AvgIpc) is 3.05. The van der Waals surface area contributed by atoms with Gasteiger partial charge < -0.3 is 9.42 Å². The number of halogens is 1. The molecule has 0 radical (unpaired) electrons. The van der Waals surface area contributed by atoms with E-state index in [0.29, 0.717) is 29.7 Å². The molecule has 5 nitrogen and oxygen atoms in total. The van der Waals surface area contributed by atoms with Gasteiger partial charge in [0, 0.05) is 18.4 Å². The zero-order valence-corrected chi connectivity index (χ0v) is 13.6. The van der Waals surface area contributed by atoms with Crippen molar-refractivity contribution in [2.24, 2.45) is 0 Å². The summed E-state index contributed by atoms with van der Waals surface area (Å²) in [6, 6.07) is 7.34. The molecule has 22 heavy (non-hydrogen) atoms. The largest absolute Gasteiger partial charge is 0.339 e. The van der Waals surface area contributed by atoms with Gasteiger partial charge in [0.25, 0.3) is 0 Å². The summed E-state index contributed by atoms with van der Waals surface area (Å²) < 4.78 is 5.36. The van der Waals surface area contributed by atoms with Crippen molar-refractivity contribution in [2.45, 2.75) is 38.5 Å². The number of rotatable bonds is 2. The molecule has 1 aliphatic rings. The lowest BCUT2D eigenvalue weighted by Crippen LogP contribution is -2.24. The van der Waals surface area contributed by atoms with Crippen LogP contribution in [0.25, 0.3) is 0 Å². The van der Waals surface area contributed by atoms with Gasteiger partial charge in [-0.25, -0.2) is 0 Å². The number of hydrogen-bond donors (Lipinski definition) is 0.